The number of nitrogens with zero attached hydrogens (tertiary/aromatic N) is 1. The summed E-state index contributed by atoms with van der Waals surface area (Å²) in [5, 5.41) is 8.32. The lowest BCUT2D eigenvalue weighted by molar-refractivity contribution is -0.108. The van der Waals surface area contributed by atoms with E-state index in [0.29, 0.717) is 16.7 Å². The van der Waals surface area contributed by atoms with E-state index in [1.165, 1.54) is 0 Å². The van der Waals surface area contributed by atoms with Gasteiger partial charge in [-0.05, 0) is 36.6 Å². The Hall–Kier alpha value is -2.37. The fraction of sp³-hybridized carbons (Fsp3) is 0.111. The van der Waals surface area contributed by atoms with Crippen LogP contribution < -0.4 is 0 Å². The van der Waals surface area contributed by atoms with E-state index in [1.54, 1.807) is 37.3 Å². The molecule has 0 saturated carbocycles. The quantitative estimate of drug-likeness (QED) is 0.222. The Labute approximate surface area is 132 Å². The maximum atomic E-state index is 11.4. The Morgan fingerprint density at radius 2 is 1.67 bits per heavy atom. The summed E-state index contributed by atoms with van der Waals surface area (Å²) in [6.45, 7) is 17.0. The minimum absolute atomic E-state index is 0.120. The molecule has 0 rings (SSSR count). The van der Waals surface area contributed by atoms with Crippen LogP contribution in [-0.2, 0) is 4.79 Å². The van der Waals surface area contributed by atoms with E-state index in [4.69, 9.17) is 16.9 Å². The molecule has 0 aromatic heterocycles. The van der Waals surface area contributed by atoms with Gasteiger partial charge >= 0.3 is 0 Å². The number of halogens is 1. The molecular formula is C18H20ClNO. The van der Waals surface area contributed by atoms with E-state index in [2.05, 4.69) is 26.3 Å². The Kier molecular flexibility index (Phi) is 12.6. The minimum atomic E-state index is -0.799. The topological polar surface area (TPSA) is 40.9 Å². The second-order valence-electron chi connectivity index (χ2n) is 3.44. The maximum Gasteiger partial charge on any atom is 0.263 e. The maximum absolute atomic E-state index is 11.4. The molecule has 0 aliphatic carbocycles. The first-order chi connectivity index (χ1) is 10.1. The van der Waals surface area contributed by atoms with Crippen molar-refractivity contribution in [3.05, 3.63) is 85.1 Å². The predicted molar refractivity (Wildman–Crippen MR) is 91.8 cm³/mol. The Balaban J connectivity index is 0. The fourth-order valence-electron chi connectivity index (χ4n) is 1.47. The summed E-state index contributed by atoms with van der Waals surface area (Å²) >= 11 is 5.47. The standard InChI is InChI=1S/C16H16ClNO.C2H4/c1-5-9-10-13(8-4)15(12(6-2)7-3)14(11-18)16(17)19;1-2/h5-10H,2,4H2,1,3H3;1-2H2/b9-5-,12-7+,13-10+,15-14+;. The van der Waals surface area contributed by atoms with Crippen LogP contribution in [0.5, 0.6) is 0 Å². The van der Waals surface area contributed by atoms with Gasteiger partial charge in [0, 0.05) is 5.57 Å². The van der Waals surface area contributed by atoms with Gasteiger partial charge in [-0.2, -0.15) is 5.26 Å². The smallest absolute Gasteiger partial charge is 0.263 e. The molecule has 0 N–H and O–H groups in total. The van der Waals surface area contributed by atoms with Crippen LogP contribution in [-0.4, -0.2) is 5.24 Å². The second-order valence-corrected chi connectivity index (χ2v) is 3.78. The first-order valence-corrected chi connectivity index (χ1v) is 6.54. The zero-order chi connectivity index (χ0) is 16.8. The van der Waals surface area contributed by atoms with Crippen molar-refractivity contribution in [2.45, 2.75) is 13.8 Å². The number of hydrogen-bond donors (Lipinski definition) is 0. The molecule has 21 heavy (non-hydrogen) atoms. The lowest BCUT2D eigenvalue weighted by Gasteiger charge is -2.11. The molecule has 0 bridgehead atoms. The van der Waals surface area contributed by atoms with Crippen molar-refractivity contribution in [3.63, 3.8) is 0 Å². The van der Waals surface area contributed by atoms with Crippen molar-refractivity contribution in [2.75, 3.05) is 0 Å². The zero-order valence-corrected chi connectivity index (χ0v) is 13.3. The molecule has 0 aromatic rings. The van der Waals surface area contributed by atoms with Crippen molar-refractivity contribution in [1.82, 2.24) is 0 Å². The summed E-state index contributed by atoms with van der Waals surface area (Å²) in [6, 6.07) is 1.84. The van der Waals surface area contributed by atoms with Gasteiger partial charge in [0.2, 0.25) is 0 Å². The second kappa shape index (κ2) is 12.7. The van der Waals surface area contributed by atoms with Crippen LogP contribution in [0, 0.1) is 11.3 Å². The van der Waals surface area contributed by atoms with E-state index in [1.807, 2.05) is 19.1 Å². The highest BCUT2D eigenvalue weighted by atomic mass is 35.5. The molecule has 3 heteroatoms. The summed E-state index contributed by atoms with van der Waals surface area (Å²) in [6.07, 6.45) is 10.3. The van der Waals surface area contributed by atoms with Crippen LogP contribution in [0.3, 0.4) is 0 Å². The largest absolute Gasteiger partial charge is 0.275 e. The number of carbonyl (C=O) groups is 1. The van der Waals surface area contributed by atoms with Gasteiger partial charge in [0.15, 0.2) is 0 Å². The summed E-state index contributed by atoms with van der Waals surface area (Å²) in [5.41, 5.74) is 1.61. The van der Waals surface area contributed by atoms with Crippen LogP contribution in [0.4, 0.5) is 0 Å². The van der Waals surface area contributed by atoms with Gasteiger partial charge in [-0.1, -0.05) is 49.6 Å². The highest BCUT2D eigenvalue weighted by Crippen LogP contribution is 2.26. The summed E-state index contributed by atoms with van der Waals surface area (Å²) in [5.74, 6) is 0. The van der Waals surface area contributed by atoms with Crippen molar-refractivity contribution in [2.24, 2.45) is 0 Å². The molecule has 0 saturated heterocycles. The molecule has 0 spiro atoms. The number of hydrogen-bond acceptors (Lipinski definition) is 2. The molecule has 0 aliphatic rings. The lowest BCUT2D eigenvalue weighted by atomic mass is 9.92. The first kappa shape index (κ1) is 20.9. The Morgan fingerprint density at radius 1 is 1.14 bits per heavy atom. The number of carbonyl (C=O) groups excluding carboxylic acids is 1. The van der Waals surface area contributed by atoms with Gasteiger partial charge in [-0.25, -0.2) is 0 Å². The summed E-state index contributed by atoms with van der Waals surface area (Å²) < 4.78 is 0. The van der Waals surface area contributed by atoms with Crippen molar-refractivity contribution < 1.29 is 4.79 Å². The molecular weight excluding hydrogens is 282 g/mol. The highest BCUT2D eigenvalue weighted by molar-refractivity contribution is 6.68. The van der Waals surface area contributed by atoms with Gasteiger partial charge in [-0.3, -0.25) is 4.79 Å². The van der Waals surface area contributed by atoms with E-state index in [9.17, 15) is 4.79 Å². The molecule has 0 aliphatic heterocycles. The third kappa shape index (κ3) is 6.56. The summed E-state index contributed by atoms with van der Waals surface area (Å²) in [4.78, 5) is 11.4. The minimum Gasteiger partial charge on any atom is -0.275 e. The normalized spacial score (nSPS) is 12.7. The fourth-order valence-corrected chi connectivity index (χ4v) is 1.61. The van der Waals surface area contributed by atoms with E-state index < -0.39 is 5.24 Å². The van der Waals surface area contributed by atoms with Gasteiger partial charge in [0.1, 0.15) is 11.6 Å². The monoisotopic (exact) mass is 301 g/mol. The third-order valence-corrected chi connectivity index (χ3v) is 2.54. The molecule has 0 amide bonds. The Morgan fingerprint density at radius 3 is 1.95 bits per heavy atom. The molecule has 0 atom stereocenters. The van der Waals surface area contributed by atoms with Crippen LogP contribution in [0.2, 0.25) is 0 Å². The third-order valence-electron chi connectivity index (χ3n) is 2.35. The molecule has 0 radical (unpaired) electrons. The van der Waals surface area contributed by atoms with Crippen molar-refractivity contribution in [1.29, 1.82) is 5.26 Å². The lowest BCUT2D eigenvalue weighted by Crippen LogP contribution is -2.01. The van der Waals surface area contributed by atoms with Crippen LogP contribution in [0.15, 0.2) is 85.1 Å². The van der Waals surface area contributed by atoms with Crippen LogP contribution >= 0.6 is 11.6 Å². The van der Waals surface area contributed by atoms with Gasteiger partial charge in [0.25, 0.3) is 5.24 Å². The van der Waals surface area contributed by atoms with Gasteiger partial charge in [0.05, 0.1) is 0 Å². The molecule has 0 unspecified atom stereocenters. The van der Waals surface area contributed by atoms with Gasteiger partial charge < -0.3 is 0 Å². The number of allylic oxidation sites excluding steroid dienone is 10. The van der Waals surface area contributed by atoms with E-state index >= 15 is 0 Å². The number of nitriles is 1. The van der Waals surface area contributed by atoms with Gasteiger partial charge in [-0.15, -0.1) is 13.2 Å². The molecule has 0 fully saturated rings. The average molecular weight is 302 g/mol. The van der Waals surface area contributed by atoms with Crippen molar-refractivity contribution in [3.8, 4) is 6.07 Å². The first-order valence-electron chi connectivity index (χ1n) is 6.16. The van der Waals surface area contributed by atoms with Crippen LogP contribution in [0.1, 0.15) is 13.8 Å². The molecule has 2 nitrogen and oxygen atoms in total. The average Bonchev–Trinajstić information content (AvgIpc) is 2.51. The SMILES string of the molecule is C=C.C=CC(=C\C)/C(C(/C=C)=C/C=C\C)=C(/C#N)C(=O)Cl. The number of rotatable bonds is 6. The summed E-state index contributed by atoms with van der Waals surface area (Å²) in [7, 11) is 0. The molecule has 0 aromatic carbocycles. The van der Waals surface area contributed by atoms with E-state index in [-0.39, 0.29) is 5.57 Å². The Bertz CT molecular complexity index is 554. The van der Waals surface area contributed by atoms with Crippen LogP contribution in [0.25, 0.3) is 0 Å². The molecule has 110 valence electrons. The highest BCUT2D eigenvalue weighted by Gasteiger charge is 2.17. The molecule has 0 heterocycles. The van der Waals surface area contributed by atoms with Crippen molar-refractivity contribution >= 4 is 16.8 Å². The van der Waals surface area contributed by atoms with E-state index in [0.717, 1.165) is 0 Å². The zero-order valence-electron chi connectivity index (χ0n) is 12.5. The predicted octanol–water partition coefficient (Wildman–Crippen LogP) is 5.19.